The van der Waals surface area contributed by atoms with E-state index in [0.29, 0.717) is 53.5 Å². The van der Waals surface area contributed by atoms with E-state index in [2.05, 4.69) is 20.6 Å². The van der Waals surface area contributed by atoms with Crippen molar-refractivity contribution in [3.8, 4) is 5.75 Å². The second kappa shape index (κ2) is 8.64. The molecule has 0 spiro atoms. The number of nitrogens with one attached hydrogen (secondary N) is 2. The molecule has 1 fully saturated rings. The quantitative estimate of drug-likeness (QED) is 0.565. The van der Waals surface area contributed by atoms with Gasteiger partial charge in [-0.15, -0.1) is 11.3 Å². The smallest absolute Gasteiger partial charge is 0.321 e. The number of thiophene rings is 1. The summed E-state index contributed by atoms with van der Waals surface area (Å²) < 4.78 is 5.14. The average molecular weight is 442 g/mol. The molecule has 1 aliphatic rings. The molecule has 0 atom stereocenters. The minimum Gasteiger partial charge on any atom is -0.497 e. The molecule has 2 aromatic heterocycles. The van der Waals surface area contributed by atoms with E-state index in [1.807, 2.05) is 4.90 Å². The lowest BCUT2D eigenvalue weighted by Crippen LogP contribution is -2.50. The second-order valence-electron chi connectivity index (χ2n) is 6.95. The summed E-state index contributed by atoms with van der Waals surface area (Å²) in [6, 6.07) is 7.01. The molecule has 0 aliphatic carbocycles. The first kappa shape index (κ1) is 20.7. The molecule has 162 valence electrons. The van der Waals surface area contributed by atoms with Gasteiger partial charge in [0.25, 0.3) is 5.91 Å². The van der Waals surface area contributed by atoms with Crippen molar-refractivity contribution in [3.05, 3.63) is 35.2 Å². The first-order valence-corrected chi connectivity index (χ1v) is 10.6. The van der Waals surface area contributed by atoms with Crippen LogP contribution in [-0.4, -0.2) is 67.1 Å². The molecule has 0 saturated carbocycles. The highest BCUT2D eigenvalue weighted by atomic mass is 32.1. The summed E-state index contributed by atoms with van der Waals surface area (Å²) in [5, 5.41) is 8.00. The Morgan fingerprint density at radius 1 is 1.13 bits per heavy atom. The fourth-order valence-electron chi connectivity index (χ4n) is 3.47. The highest BCUT2D eigenvalue weighted by Crippen LogP contribution is 2.33. The van der Waals surface area contributed by atoms with Gasteiger partial charge in [-0.05, 0) is 24.3 Å². The van der Waals surface area contributed by atoms with Crippen LogP contribution in [0.1, 0.15) is 10.4 Å². The number of methoxy groups -OCH3 is 1. The Morgan fingerprint density at radius 2 is 1.84 bits per heavy atom. The average Bonchev–Trinajstić information content (AvgIpc) is 3.22. The molecular formula is C20H23N7O3S. The lowest BCUT2D eigenvalue weighted by atomic mass is 10.2. The molecule has 0 radical (unpaired) electrons. The van der Waals surface area contributed by atoms with Gasteiger partial charge in [-0.25, -0.2) is 9.78 Å². The van der Waals surface area contributed by atoms with Gasteiger partial charge in [0, 0.05) is 44.3 Å². The minimum absolute atomic E-state index is 0.160. The van der Waals surface area contributed by atoms with Gasteiger partial charge >= 0.3 is 6.03 Å². The van der Waals surface area contributed by atoms with Gasteiger partial charge < -0.3 is 30.9 Å². The van der Waals surface area contributed by atoms with Crippen LogP contribution in [0.15, 0.2) is 29.6 Å². The Balaban J connectivity index is 1.48. The maximum absolute atomic E-state index is 12.6. The van der Waals surface area contributed by atoms with Gasteiger partial charge in [0.2, 0.25) is 5.95 Å². The maximum atomic E-state index is 12.6. The van der Waals surface area contributed by atoms with Crippen molar-refractivity contribution < 1.29 is 14.3 Å². The third kappa shape index (κ3) is 4.17. The highest BCUT2D eigenvalue weighted by molar-refractivity contribution is 7.17. The molecule has 3 heterocycles. The molecule has 1 saturated heterocycles. The van der Waals surface area contributed by atoms with Gasteiger partial charge in [0.05, 0.1) is 18.1 Å². The number of carbonyl (C=O) groups is 2. The predicted molar refractivity (Wildman–Crippen MR) is 121 cm³/mol. The van der Waals surface area contributed by atoms with Crippen LogP contribution in [-0.2, 0) is 0 Å². The Labute approximate surface area is 183 Å². The van der Waals surface area contributed by atoms with E-state index >= 15 is 0 Å². The zero-order valence-electron chi connectivity index (χ0n) is 17.2. The molecule has 0 bridgehead atoms. The topological polar surface area (TPSA) is 126 Å². The summed E-state index contributed by atoms with van der Waals surface area (Å²) in [5.41, 5.74) is 7.13. The van der Waals surface area contributed by atoms with Crippen molar-refractivity contribution in [2.75, 3.05) is 56.3 Å². The lowest BCUT2D eigenvalue weighted by molar-refractivity contribution is 0.0965. The number of rotatable bonds is 4. The van der Waals surface area contributed by atoms with Crippen LogP contribution in [0.2, 0.25) is 0 Å². The van der Waals surface area contributed by atoms with E-state index in [1.165, 1.54) is 11.3 Å². The second-order valence-corrected chi connectivity index (χ2v) is 7.80. The van der Waals surface area contributed by atoms with E-state index in [9.17, 15) is 9.59 Å². The standard InChI is InChI=1S/C20H23N7O3S/c1-22-17(28)14-11-31-18-15(14)16(24-19(21)25-18)26-7-9-27(10-8-26)20(29)23-12-3-5-13(30-2)6-4-12/h3-6,11H,7-10H2,1-2H3,(H,22,28)(H,23,29)(H2,21,24,25). The first-order valence-electron chi connectivity index (χ1n) is 9.72. The van der Waals surface area contributed by atoms with Gasteiger partial charge in [0.15, 0.2) is 0 Å². The van der Waals surface area contributed by atoms with Gasteiger partial charge in [-0.1, -0.05) is 0 Å². The monoisotopic (exact) mass is 441 g/mol. The van der Waals surface area contributed by atoms with Crippen molar-refractivity contribution in [3.63, 3.8) is 0 Å². The molecule has 4 N–H and O–H groups in total. The number of hydrogen-bond donors (Lipinski definition) is 3. The van der Waals surface area contributed by atoms with E-state index in [4.69, 9.17) is 10.5 Å². The van der Waals surface area contributed by atoms with Crippen molar-refractivity contribution >= 4 is 50.9 Å². The Kier molecular flexibility index (Phi) is 5.76. The number of aromatic nitrogens is 2. The van der Waals surface area contributed by atoms with Crippen molar-refractivity contribution in [2.24, 2.45) is 0 Å². The number of piperazine rings is 1. The zero-order valence-corrected chi connectivity index (χ0v) is 18.0. The van der Waals surface area contributed by atoms with E-state index in [1.54, 1.807) is 48.7 Å². The predicted octanol–water partition coefficient (Wildman–Crippen LogP) is 2.00. The molecule has 4 rings (SSSR count). The maximum Gasteiger partial charge on any atom is 0.321 e. The summed E-state index contributed by atoms with van der Waals surface area (Å²) in [4.78, 5) is 38.1. The number of amides is 3. The molecule has 11 heteroatoms. The van der Waals surface area contributed by atoms with Crippen molar-refractivity contribution in [1.82, 2.24) is 20.2 Å². The van der Waals surface area contributed by atoms with E-state index in [-0.39, 0.29) is 17.9 Å². The Bertz CT molecular complexity index is 1110. The zero-order chi connectivity index (χ0) is 22.0. The summed E-state index contributed by atoms with van der Waals surface area (Å²) in [7, 11) is 3.18. The number of hydrogen-bond acceptors (Lipinski definition) is 8. The summed E-state index contributed by atoms with van der Waals surface area (Å²) in [5.74, 6) is 1.31. The fourth-order valence-corrected chi connectivity index (χ4v) is 4.39. The van der Waals surface area contributed by atoms with Crippen LogP contribution in [0, 0.1) is 0 Å². The van der Waals surface area contributed by atoms with Crippen molar-refractivity contribution in [1.29, 1.82) is 0 Å². The number of anilines is 3. The van der Waals surface area contributed by atoms with Gasteiger partial charge in [-0.2, -0.15) is 4.98 Å². The molecule has 10 nitrogen and oxygen atoms in total. The molecule has 1 aliphatic heterocycles. The van der Waals surface area contributed by atoms with Crippen molar-refractivity contribution in [2.45, 2.75) is 0 Å². The lowest BCUT2D eigenvalue weighted by Gasteiger charge is -2.35. The third-order valence-corrected chi connectivity index (χ3v) is 5.98. The number of benzene rings is 1. The molecule has 0 unspecified atom stereocenters. The fraction of sp³-hybridized carbons (Fsp3) is 0.300. The third-order valence-electron chi connectivity index (χ3n) is 5.11. The van der Waals surface area contributed by atoms with Crippen LogP contribution in [0.4, 0.5) is 22.2 Å². The van der Waals surface area contributed by atoms with Crippen LogP contribution in [0.5, 0.6) is 5.75 Å². The number of ether oxygens (including phenoxy) is 1. The summed E-state index contributed by atoms with van der Waals surface area (Å²) in [6.45, 7) is 2.13. The highest BCUT2D eigenvalue weighted by Gasteiger charge is 2.26. The largest absolute Gasteiger partial charge is 0.497 e. The van der Waals surface area contributed by atoms with Crippen LogP contribution < -0.4 is 26.0 Å². The Hall–Kier alpha value is -3.60. The number of nitrogens with zero attached hydrogens (tertiary/aromatic N) is 4. The summed E-state index contributed by atoms with van der Waals surface area (Å²) in [6.07, 6.45) is 0. The van der Waals surface area contributed by atoms with E-state index < -0.39 is 0 Å². The van der Waals surface area contributed by atoms with Gasteiger partial charge in [-0.3, -0.25) is 4.79 Å². The SMILES string of the molecule is CNC(=O)c1csc2nc(N)nc(N3CCN(C(=O)Nc4ccc(OC)cc4)CC3)c12. The number of urea groups is 1. The minimum atomic E-state index is -0.196. The normalized spacial score (nSPS) is 13.9. The Morgan fingerprint density at radius 3 is 2.48 bits per heavy atom. The molecule has 1 aromatic carbocycles. The molecule has 3 aromatic rings. The van der Waals surface area contributed by atoms with Crippen LogP contribution in [0.25, 0.3) is 10.2 Å². The number of nitrogen functional groups attached to an aromatic ring is 1. The number of fused-ring (bicyclic) bond motifs is 1. The molecule has 3 amide bonds. The van der Waals surface area contributed by atoms with E-state index in [0.717, 1.165) is 5.75 Å². The molecule has 31 heavy (non-hydrogen) atoms. The van der Waals surface area contributed by atoms with Gasteiger partial charge in [0.1, 0.15) is 16.4 Å². The molecular weight excluding hydrogens is 418 g/mol. The first-order chi connectivity index (χ1) is 15.0. The number of nitrogens with two attached hydrogens (primary N) is 1. The van der Waals surface area contributed by atoms with Crippen LogP contribution >= 0.6 is 11.3 Å². The number of carbonyl (C=O) groups excluding carboxylic acids is 2. The van der Waals surface area contributed by atoms with Crippen LogP contribution in [0.3, 0.4) is 0 Å². The summed E-state index contributed by atoms with van der Waals surface area (Å²) >= 11 is 1.36.